The fourth-order valence-electron chi connectivity index (χ4n) is 1.05. The average Bonchev–Trinajstić information content (AvgIpc) is 2.63. The van der Waals surface area contributed by atoms with Gasteiger partial charge in [0.05, 0.1) is 6.54 Å². The number of hydrogen-bond donors (Lipinski definition) is 1. The van der Waals surface area contributed by atoms with Gasteiger partial charge in [-0.15, -0.1) is 5.10 Å². The Labute approximate surface area is 81.0 Å². The van der Waals surface area contributed by atoms with Crippen molar-refractivity contribution >= 4 is 5.69 Å². The number of nitrogens with zero attached hydrogens (tertiary/aromatic N) is 5. The van der Waals surface area contributed by atoms with Crippen LogP contribution in [0.5, 0.6) is 0 Å². The number of hydrogen-bond acceptors (Lipinski definition) is 5. The first-order valence-electron chi connectivity index (χ1n) is 4.21. The summed E-state index contributed by atoms with van der Waals surface area (Å²) in [7, 11) is 1.81. The lowest BCUT2D eigenvalue weighted by atomic mass is 10.4. The summed E-state index contributed by atoms with van der Waals surface area (Å²) >= 11 is 0. The fraction of sp³-hybridized carbons (Fsp3) is 0.250. The van der Waals surface area contributed by atoms with Crippen molar-refractivity contribution < 1.29 is 0 Å². The molecule has 0 unspecified atom stereocenters. The van der Waals surface area contributed by atoms with Crippen LogP contribution in [0.25, 0.3) is 0 Å². The molecule has 2 aromatic rings. The van der Waals surface area contributed by atoms with Crippen LogP contribution in [0.3, 0.4) is 0 Å². The topological polar surface area (TPSA) is 68.5 Å². The van der Waals surface area contributed by atoms with Crippen LogP contribution in [0.2, 0.25) is 0 Å². The molecule has 0 saturated carbocycles. The number of nitrogens with one attached hydrogen (secondary N) is 1. The summed E-state index contributed by atoms with van der Waals surface area (Å²) in [6.45, 7) is 0.605. The second-order valence-corrected chi connectivity index (χ2v) is 2.81. The van der Waals surface area contributed by atoms with Gasteiger partial charge >= 0.3 is 0 Å². The van der Waals surface area contributed by atoms with Crippen LogP contribution in [0.1, 0.15) is 5.82 Å². The summed E-state index contributed by atoms with van der Waals surface area (Å²) in [6, 6.07) is 3.79. The Hall–Kier alpha value is -1.98. The molecule has 72 valence electrons. The molecule has 0 fully saturated rings. The van der Waals surface area contributed by atoms with E-state index in [2.05, 4.69) is 25.8 Å². The largest absolute Gasteiger partial charge is 0.378 e. The monoisotopic (exact) mass is 190 g/mol. The molecule has 2 aromatic heterocycles. The van der Waals surface area contributed by atoms with E-state index in [0.29, 0.717) is 6.54 Å². The molecule has 0 aromatic carbocycles. The number of anilines is 1. The maximum Gasteiger partial charge on any atom is 0.170 e. The van der Waals surface area contributed by atoms with Crippen LogP contribution in [-0.2, 0) is 13.6 Å². The van der Waals surface area contributed by atoms with Gasteiger partial charge in [-0.1, -0.05) is 0 Å². The molecular weight excluding hydrogens is 180 g/mol. The number of rotatable bonds is 3. The van der Waals surface area contributed by atoms with Crippen LogP contribution in [0.4, 0.5) is 5.69 Å². The van der Waals surface area contributed by atoms with Gasteiger partial charge in [-0.05, 0) is 22.6 Å². The summed E-state index contributed by atoms with van der Waals surface area (Å²) < 4.78 is 1.63. The van der Waals surface area contributed by atoms with E-state index >= 15 is 0 Å². The average molecular weight is 190 g/mol. The van der Waals surface area contributed by atoms with Crippen molar-refractivity contribution in [3.05, 3.63) is 30.4 Å². The lowest BCUT2D eigenvalue weighted by molar-refractivity contribution is 0.683. The Morgan fingerprint density at radius 1 is 1.36 bits per heavy atom. The lowest BCUT2D eigenvalue weighted by Gasteiger charge is -2.03. The summed E-state index contributed by atoms with van der Waals surface area (Å²) in [4.78, 5) is 3.92. The minimum absolute atomic E-state index is 0.605. The van der Waals surface area contributed by atoms with Gasteiger partial charge in [0.1, 0.15) is 0 Å². The Balaban J connectivity index is 1.99. The third-order valence-electron chi connectivity index (χ3n) is 1.84. The standard InChI is InChI=1S/C8H10N6/c1-14-8(11-12-13-14)6-10-7-2-4-9-5-3-7/h2-5H,6H2,1H3,(H,9,10). The second kappa shape index (κ2) is 3.82. The van der Waals surface area contributed by atoms with Gasteiger partial charge in [-0.3, -0.25) is 4.98 Å². The van der Waals surface area contributed by atoms with Crippen LogP contribution in [0, 0.1) is 0 Å². The molecule has 14 heavy (non-hydrogen) atoms. The molecule has 0 amide bonds. The van der Waals surface area contributed by atoms with Crippen molar-refractivity contribution in [2.45, 2.75) is 6.54 Å². The first kappa shape index (κ1) is 8.61. The smallest absolute Gasteiger partial charge is 0.170 e. The lowest BCUT2D eigenvalue weighted by Crippen LogP contribution is -2.06. The molecule has 0 spiro atoms. The molecular formula is C8H10N6. The Morgan fingerprint density at radius 2 is 2.14 bits per heavy atom. The van der Waals surface area contributed by atoms with E-state index < -0.39 is 0 Å². The molecule has 6 heteroatoms. The van der Waals surface area contributed by atoms with Crippen LogP contribution >= 0.6 is 0 Å². The number of aromatic nitrogens is 5. The third kappa shape index (κ3) is 1.85. The summed E-state index contributed by atoms with van der Waals surface area (Å²) in [5.41, 5.74) is 1.00. The summed E-state index contributed by atoms with van der Waals surface area (Å²) in [6.07, 6.45) is 3.47. The minimum atomic E-state index is 0.605. The number of aryl methyl sites for hydroxylation is 1. The Bertz CT molecular complexity index is 395. The van der Waals surface area contributed by atoms with Crippen molar-refractivity contribution in [2.75, 3.05) is 5.32 Å². The van der Waals surface area contributed by atoms with Gasteiger partial charge < -0.3 is 5.32 Å². The number of tetrazole rings is 1. The normalized spacial score (nSPS) is 10.1. The first-order chi connectivity index (χ1) is 6.86. The highest BCUT2D eigenvalue weighted by atomic mass is 15.5. The minimum Gasteiger partial charge on any atom is -0.378 e. The van der Waals surface area contributed by atoms with E-state index in [0.717, 1.165) is 11.5 Å². The molecule has 0 atom stereocenters. The maximum atomic E-state index is 3.92. The zero-order valence-electron chi connectivity index (χ0n) is 7.75. The van der Waals surface area contributed by atoms with Crippen molar-refractivity contribution in [1.29, 1.82) is 0 Å². The third-order valence-corrected chi connectivity index (χ3v) is 1.84. The molecule has 2 rings (SSSR count). The molecule has 0 radical (unpaired) electrons. The zero-order valence-corrected chi connectivity index (χ0v) is 7.75. The first-order valence-corrected chi connectivity index (χ1v) is 4.21. The quantitative estimate of drug-likeness (QED) is 0.749. The Kier molecular flexibility index (Phi) is 2.35. The molecule has 0 aliphatic carbocycles. The molecule has 0 aliphatic heterocycles. The van der Waals surface area contributed by atoms with Gasteiger partial charge in [-0.25, -0.2) is 4.68 Å². The highest BCUT2D eigenvalue weighted by molar-refractivity contribution is 5.40. The van der Waals surface area contributed by atoms with Gasteiger partial charge in [0.15, 0.2) is 5.82 Å². The predicted molar refractivity (Wildman–Crippen MR) is 50.4 cm³/mol. The van der Waals surface area contributed by atoms with E-state index in [4.69, 9.17) is 0 Å². The molecule has 0 aliphatic rings. The van der Waals surface area contributed by atoms with Crippen molar-refractivity contribution in [3.63, 3.8) is 0 Å². The molecule has 0 saturated heterocycles. The van der Waals surface area contributed by atoms with Crippen LogP contribution < -0.4 is 5.32 Å². The summed E-state index contributed by atoms with van der Waals surface area (Å²) in [5.74, 6) is 0.793. The van der Waals surface area contributed by atoms with E-state index in [1.54, 1.807) is 17.1 Å². The van der Waals surface area contributed by atoms with E-state index in [9.17, 15) is 0 Å². The molecule has 2 heterocycles. The number of pyridine rings is 1. The van der Waals surface area contributed by atoms with Gasteiger partial charge in [0, 0.05) is 25.1 Å². The molecule has 1 N–H and O–H groups in total. The summed E-state index contributed by atoms with van der Waals surface area (Å²) in [5, 5.41) is 14.3. The van der Waals surface area contributed by atoms with Crippen molar-refractivity contribution in [3.8, 4) is 0 Å². The Morgan fingerprint density at radius 3 is 2.79 bits per heavy atom. The highest BCUT2D eigenvalue weighted by Crippen LogP contribution is 2.04. The van der Waals surface area contributed by atoms with E-state index in [1.165, 1.54) is 0 Å². The van der Waals surface area contributed by atoms with Crippen LogP contribution in [0.15, 0.2) is 24.5 Å². The zero-order chi connectivity index (χ0) is 9.80. The molecule has 6 nitrogen and oxygen atoms in total. The van der Waals surface area contributed by atoms with Crippen molar-refractivity contribution in [1.82, 2.24) is 25.2 Å². The predicted octanol–water partition coefficient (Wildman–Crippen LogP) is 0.217. The van der Waals surface area contributed by atoms with E-state index in [-0.39, 0.29) is 0 Å². The van der Waals surface area contributed by atoms with Crippen LogP contribution in [-0.4, -0.2) is 25.2 Å². The second-order valence-electron chi connectivity index (χ2n) is 2.81. The molecule has 0 bridgehead atoms. The van der Waals surface area contributed by atoms with Gasteiger partial charge in [0.2, 0.25) is 0 Å². The fourth-order valence-corrected chi connectivity index (χ4v) is 1.05. The van der Waals surface area contributed by atoms with Crippen molar-refractivity contribution in [2.24, 2.45) is 7.05 Å². The van der Waals surface area contributed by atoms with Gasteiger partial charge in [0.25, 0.3) is 0 Å². The van der Waals surface area contributed by atoms with E-state index in [1.807, 2.05) is 19.2 Å². The maximum absolute atomic E-state index is 3.92. The SMILES string of the molecule is Cn1nnnc1CNc1ccncc1. The highest BCUT2D eigenvalue weighted by Gasteiger charge is 2.00. The van der Waals surface area contributed by atoms with Gasteiger partial charge in [-0.2, -0.15) is 0 Å².